The number of nitrogens with zero attached hydrogens (tertiary/aromatic N) is 1. The third-order valence-corrected chi connectivity index (χ3v) is 4.15. The van der Waals surface area contributed by atoms with Crippen LogP contribution in [-0.2, 0) is 0 Å². The van der Waals surface area contributed by atoms with Crippen molar-refractivity contribution in [2.24, 2.45) is 0 Å². The molecule has 0 aliphatic carbocycles. The molecule has 0 aliphatic rings. The van der Waals surface area contributed by atoms with Crippen molar-refractivity contribution in [3.05, 3.63) is 55.2 Å². The fourth-order valence-electron chi connectivity index (χ4n) is 1.62. The molecule has 1 amide bonds. The molecule has 21 heavy (non-hydrogen) atoms. The van der Waals surface area contributed by atoms with Crippen LogP contribution in [0, 0.1) is 10.1 Å². The molecule has 1 aromatic carbocycles. The van der Waals surface area contributed by atoms with E-state index in [-0.39, 0.29) is 11.6 Å². The predicted molar refractivity (Wildman–Crippen MR) is 85.9 cm³/mol. The van der Waals surface area contributed by atoms with Crippen molar-refractivity contribution in [1.82, 2.24) is 5.32 Å². The Hall–Kier alpha value is -1.93. The normalized spacial score (nSPS) is 10.1. The molecule has 0 atom stereocenters. The van der Waals surface area contributed by atoms with Crippen LogP contribution in [0.2, 0.25) is 0 Å². The quantitative estimate of drug-likeness (QED) is 0.464. The summed E-state index contributed by atoms with van der Waals surface area (Å²) in [6, 6.07) is 7.91. The first-order valence-corrected chi connectivity index (χ1v) is 7.74. The van der Waals surface area contributed by atoms with Gasteiger partial charge in [0.25, 0.3) is 11.6 Å². The Morgan fingerprint density at radius 2 is 2.00 bits per heavy atom. The first-order chi connectivity index (χ1) is 10.1. The second kappa shape index (κ2) is 7.19. The zero-order valence-corrected chi connectivity index (χ0v) is 13.2. The Morgan fingerprint density at radius 1 is 1.29 bits per heavy atom. The number of rotatable bonds is 6. The second-order valence-electron chi connectivity index (χ2n) is 4.13. The van der Waals surface area contributed by atoms with Crippen LogP contribution in [-0.4, -0.2) is 23.9 Å². The molecule has 0 unspecified atom stereocenters. The molecule has 2 aromatic rings. The van der Waals surface area contributed by atoms with Crippen molar-refractivity contribution >= 4 is 44.5 Å². The van der Waals surface area contributed by atoms with E-state index in [0.29, 0.717) is 18.7 Å². The van der Waals surface area contributed by atoms with E-state index in [4.69, 9.17) is 0 Å². The first-order valence-electron chi connectivity index (χ1n) is 6.07. The summed E-state index contributed by atoms with van der Waals surface area (Å²) in [6.45, 7) is 0.998. The number of benzene rings is 1. The molecule has 0 aliphatic heterocycles. The molecule has 0 saturated carbocycles. The molecule has 1 aromatic heterocycles. The van der Waals surface area contributed by atoms with Gasteiger partial charge in [0.15, 0.2) is 0 Å². The third kappa shape index (κ3) is 4.54. The molecule has 0 fully saturated rings. The van der Waals surface area contributed by atoms with E-state index in [2.05, 4.69) is 26.6 Å². The van der Waals surface area contributed by atoms with E-state index in [1.807, 2.05) is 0 Å². The minimum atomic E-state index is -0.441. The number of nitro benzene ring substituents is 1. The standard InChI is InChI=1S/C13H12BrN3O3S/c14-12-7-9(8-21-12)13(18)16-6-5-15-10-1-3-11(4-2-10)17(19)20/h1-4,7-8,15H,5-6H2,(H,16,18). The number of carbonyl (C=O) groups is 1. The van der Waals surface area contributed by atoms with Gasteiger partial charge >= 0.3 is 0 Å². The van der Waals surface area contributed by atoms with Gasteiger partial charge in [-0.25, -0.2) is 0 Å². The van der Waals surface area contributed by atoms with Crippen LogP contribution >= 0.6 is 27.3 Å². The number of anilines is 1. The Kier molecular flexibility index (Phi) is 5.29. The number of amides is 1. The van der Waals surface area contributed by atoms with Gasteiger partial charge in [0, 0.05) is 36.3 Å². The lowest BCUT2D eigenvalue weighted by molar-refractivity contribution is -0.384. The Morgan fingerprint density at radius 3 is 2.57 bits per heavy atom. The smallest absolute Gasteiger partial charge is 0.269 e. The van der Waals surface area contributed by atoms with Gasteiger partial charge in [0.2, 0.25) is 0 Å². The van der Waals surface area contributed by atoms with Gasteiger partial charge in [-0.1, -0.05) is 0 Å². The highest BCUT2D eigenvalue weighted by Gasteiger charge is 2.07. The summed E-state index contributed by atoms with van der Waals surface area (Å²) in [5.41, 5.74) is 1.45. The van der Waals surface area contributed by atoms with Crippen LogP contribution < -0.4 is 10.6 Å². The number of hydrogen-bond donors (Lipinski definition) is 2. The van der Waals surface area contributed by atoms with E-state index >= 15 is 0 Å². The van der Waals surface area contributed by atoms with Crippen LogP contribution in [0.3, 0.4) is 0 Å². The highest BCUT2D eigenvalue weighted by atomic mass is 79.9. The lowest BCUT2D eigenvalue weighted by atomic mass is 10.3. The first kappa shape index (κ1) is 15.5. The van der Waals surface area contributed by atoms with Crippen LogP contribution in [0.25, 0.3) is 0 Å². The average Bonchev–Trinajstić information content (AvgIpc) is 2.90. The molecule has 0 saturated heterocycles. The SMILES string of the molecule is O=C(NCCNc1ccc([N+](=O)[O-])cc1)c1csc(Br)c1. The minimum absolute atomic E-state index is 0.0527. The fourth-order valence-corrected chi connectivity index (χ4v) is 2.75. The number of nitro groups is 1. The highest BCUT2D eigenvalue weighted by molar-refractivity contribution is 9.11. The van der Waals surface area contributed by atoms with Crippen molar-refractivity contribution in [3.8, 4) is 0 Å². The zero-order chi connectivity index (χ0) is 15.2. The van der Waals surface area contributed by atoms with E-state index in [1.54, 1.807) is 23.6 Å². The van der Waals surface area contributed by atoms with Crippen LogP contribution in [0.15, 0.2) is 39.5 Å². The second-order valence-corrected chi connectivity index (χ2v) is 6.42. The number of nitrogens with one attached hydrogen (secondary N) is 2. The lowest BCUT2D eigenvalue weighted by Crippen LogP contribution is -2.28. The molecule has 6 nitrogen and oxygen atoms in total. The summed E-state index contributed by atoms with van der Waals surface area (Å²) in [4.78, 5) is 21.8. The van der Waals surface area contributed by atoms with Gasteiger partial charge in [-0.2, -0.15) is 0 Å². The molecule has 2 rings (SSSR count). The molecular weight excluding hydrogens is 358 g/mol. The molecule has 0 spiro atoms. The van der Waals surface area contributed by atoms with Crippen LogP contribution in [0.1, 0.15) is 10.4 Å². The minimum Gasteiger partial charge on any atom is -0.383 e. The van der Waals surface area contributed by atoms with E-state index < -0.39 is 4.92 Å². The molecule has 0 radical (unpaired) electrons. The van der Waals surface area contributed by atoms with Gasteiger partial charge < -0.3 is 10.6 Å². The van der Waals surface area contributed by atoms with Crippen molar-refractivity contribution in [2.45, 2.75) is 0 Å². The van der Waals surface area contributed by atoms with E-state index in [0.717, 1.165) is 9.47 Å². The average molecular weight is 370 g/mol. The van der Waals surface area contributed by atoms with E-state index in [1.165, 1.54) is 23.5 Å². The van der Waals surface area contributed by atoms with Gasteiger partial charge in [-0.15, -0.1) is 11.3 Å². The van der Waals surface area contributed by atoms with Gasteiger partial charge in [0.1, 0.15) is 0 Å². The lowest BCUT2D eigenvalue weighted by Gasteiger charge is -2.07. The number of hydrogen-bond acceptors (Lipinski definition) is 5. The summed E-state index contributed by atoms with van der Waals surface area (Å²) in [7, 11) is 0. The summed E-state index contributed by atoms with van der Waals surface area (Å²) in [5, 5.41) is 18.2. The summed E-state index contributed by atoms with van der Waals surface area (Å²) in [6.07, 6.45) is 0. The van der Waals surface area contributed by atoms with Crippen molar-refractivity contribution in [3.63, 3.8) is 0 Å². The highest BCUT2D eigenvalue weighted by Crippen LogP contribution is 2.20. The maximum absolute atomic E-state index is 11.8. The van der Waals surface area contributed by atoms with Gasteiger partial charge in [0.05, 0.1) is 14.3 Å². The number of thiophene rings is 1. The molecule has 8 heteroatoms. The topological polar surface area (TPSA) is 84.3 Å². The number of carbonyl (C=O) groups excluding carboxylic acids is 1. The largest absolute Gasteiger partial charge is 0.383 e. The van der Waals surface area contributed by atoms with Crippen molar-refractivity contribution in [1.29, 1.82) is 0 Å². The monoisotopic (exact) mass is 369 g/mol. The Bertz CT molecular complexity index is 642. The third-order valence-electron chi connectivity index (χ3n) is 2.65. The van der Waals surface area contributed by atoms with Gasteiger partial charge in [-0.3, -0.25) is 14.9 Å². The summed E-state index contributed by atoms with van der Waals surface area (Å²) >= 11 is 4.76. The Balaban J connectivity index is 1.74. The molecule has 110 valence electrons. The van der Waals surface area contributed by atoms with Crippen LogP contribution in [0.4, 0.5) is 11.4 Å². The zero-order valence-electron chi connectivity index (χ0n) is 10.8. The summed E-state index contributed by atoms with van der Waals surface area (Å²) < 4.78 is 0.914. The maximum Gasteiger partial charge on any atom is 0.269 e. The maximum atomic E-state index is 11.8. The molecule has 1 heterocycles. The predicted octanol–water partition coefficient (Wildman–Crippen LogP) is 3.26. The van der Waals surface area contributed by atoms with Crippen LogP contribution in [0.5, 0.6) is 0 Å². The molecule has 2 N–H and O–H groups in total. The Labute approximate surface area is 133 Å². The molecular formula is C13H12BrN3O3S. The van der Waals surface area contributed by atoms with Crippen molar-refractivity contribution < 1.29 is 9.72 Å². The van der Waals surface area contributed by atoms with Gasteiger partial charge in [-0.05, 0) is 34.1 Å². The van der Waals surface area contributed by atoms with Crippen molar-refractivity contribution in [2.75, 3.05) is 18.4 Å². The fraction of sp³-hybridized carbons (Fsp3) is 0.154. The molecule has 0 bridgehead atoms. The number of non-ortho nitro benzene ring substituents is 1. The number of halogens is 1. The summed E-state index contributed by atoms with van der Waals surface area (Å²) in [5.74, 6) is -0.123. The van der Waals surface area contributed by atoms with E-state index in [9.17, 15) is 14.9 Å².